The van der Waals surface area contributed by atoms with E-state index in [0.29, 0.717) is 6.42 Å². The molecule has 4 rings (SSSR count). The largest absolute Gasteiger partial charge is 0.467 e. The van der Waals surface area contributed by atoms with Crippen LogP contribution in [0.25, 0.3) is 0 Å². The summed E-state index contributed by atoms with van der Waals surface area (Å²) in [6.45, 7) is 4.32. The van der Waals surface area contributed by atoms with Crippen molar-refractivity contribution in [2.24, 2.45) is 5.10 Å². The molecule has 1 aromatic heterocycles. The summed E-state index contributed by atoms with van der Waals surface area (Å²) in [5, 5.41) is 9.56. The number of furan rings is 1. The van der Waals surface area contributed by atoms with Crippen LogP contribution in [-0.4, -0.2) is 23.2 Å². The predicted octanol–water partition coefficient (Wildman–Crippen LogP) is 4.62. The Hall–Kier alpha value is -3.18. The molecule has 0 saturated heterocycles. The van der Waals surface area contributed by atoms with E-state index in [1.165, 1.54) is 5.56 Å². The van der Waals surface area contributed by atoms with Gasteiger partial charge in [0.05, 0.1) is 18.5 Å². The fraction of sp³-hybridized carbons (Fsp3) is 0.250. The lowest BCUT2D eigenvalue weighted by atomic mass is 10.0. The maximum Gasteiger partial charge on any atom is 0.257 e. The van der Waals surface area contributed by atoms with Crippen LogP contribution in [0, 0.1) is 6.92 Å². The highest BCUT2D eigenvalue weighted by molar-refractivity contribution is 6.03. The third kappa shape index (κ3) is 4.30. The molecule has 2 heterocycles. The first-order valence-corrected chi connectivity index (χ1v) is 9.90. The fourth-order valence-electron chi connectivity index (χ4n) is 3.54. The molecular weight excluding hydrogens is 362 g/mol. The maximum atomic E-state index is 13.0. The summed E-state index contributed by atoms with van der Waals surface area (Å²) in [4.78, 5) is 13.0. The number of hydrazone groups is 1. The lowest BCUT2D eigenvalue weighted by Crippen LogP contribution is -2.36. The van der Waals surface area contributed by atoms with Crippen molar-refractivity contribution in [3.8, 4) is 0 Å². The summed E-state index contributed by atoms with van der Waals surface area (Å²) in [5.74, 6) is 0.677. The van der Waals surface area contributed by atoms with Crippen molar-refractivity contribution in [3.63, 3.8) is 0 Å². The second-order valence-electron chi connectivity index (χ2n) is 7.40. The molecule has 5 nitrogen and oxygen atoms in total. The summed E-state index contributed by atoms with van der Waals surface area (Å²) < 4.78 is 5.61. The van der Waals surface area contributed by atoms with Crippen LogP contribution in [0.3, 0.4) is 0 Å². The Bertz CT molecular complexity index is 979. The number of benzene rings is 2. The summed E-state index contributed by atoms with van der Waals surface area (Å²) in [5.41, 5.74) is 4.28. The second kappa shape index (κ2) is 8.45. The fourth-order valence-corrected chi connectivity index (χ4v) is 3.54. The second-order valence-corrected chi connectivity index (χ2v) is 7.40. The molecule has 0 radical (unpaired) electrons. The molecule has 1 N–H and O–H groups in total. The lowest BCUT2D eigenvalue weighted by Gasteiger charge is -2.21. The van der Waals surface area contributed by atoms with E-state index in [0.717, 1.165) is 22.6 Å². The van der Waals surface area contributed by atoms with Gasteiger partial charge in [-0.1, -0.05) is 60.2 Å². The number of carbonyl (C=O) groups excluding carboxylic acids is 1. The lowest BCUT2D eigenvalue weighted by molar-refractivity contribution is -0.132. The minimum absolute atomic E-state index is 0.0729. The molecule has 5 heteroatoms. The molecule has 0 unspecified atom stereocenters. The number of nitrogens with zero attached hydrogens (tertiary/aromatic N) is 2. The van der Waals surface area contributed by atoms with Crippen LogP contribution in [0.2, 0.25) is 0 Å². The van der Waals surface area contributed by atoms with Crippen LogP contribution in [0.1, 0.15) is 47.9 Å². The number of nitrogens with one attached hydrogen (secondary N) is 1. The number of carbonyl (C=O) groups is 1. The highest BCUT2D eigenvalue weighted by atomic mass is 16.3. The standard InChI is InChI=1S/C24H25N3O2/c1-17-10-12-20(13-11-17)21-15-22(23-9-6-14-29-23)27(26-21)24(28)16-25-18(2)19-7-4-3-5-8-19/h3-14,18,22,25H,15-16H2,1-2H3/t18-,22-/m1/s1. The van der Waals surface area contributed by atoms with E-state index in [1.807, 2.05) is 30.3 Å². The smallest absolute Gasteiger partial charge is 0.257 e. The SMILES string of the molecule is Cc1ccc(C2=NN(C(=O)CN[C@H](C)c3ccccc3)[C@@H](c3ccco3)C2)cc1. The first-order valence-electron chi connectivity index (χ1n) is 9.90. The number of aryl methyl sites for hydroxylation is 1. The van der Waals surface area contributed by atoms with E-state index in [-0.39, 0.29) is 24.5 Å². The Morgan fingerprint density at radius 1 is 1.14 bits per heavy atom. The number of amides is 1. The Morgan fingerprint density at radius 3 is 2.59 bits per heavy atom. The molecule has 2 atom stereocenters. The van der Waals surface area contributed by atoms with Crippen molar-refractivity contribution in [3.05, 3.63) is 95.4 Å². The molecule has 0 aliphatic carbocycles. The van der Waals surface area contributed by atoms with Gasteiger partial charge >= 0.3 is 0 Å². The van der Waals surface area contributed by atoms with Crippen molar-refractivity contribution < 1.29 is 9.21 Å². The quantitative estimate of drug-likeness (QED) is 0.672. The predicted molar refractivity (Wildman–Crippen MR) is 113 cm³/mol. The molecule has 0 spiro atoms. The van der Waals surface area contributed by atoms with Crippen LogP contribution in [-0.2, 0) is 4.79 Å². The first-order chi connectivity index (χ1) is 14.1. The van der Waals surface area contributed by atoms with E-state index in [2.05, 4.69) is 60.7 Å². The summed E-state index contributed by atoms with van der Waals surface area (Å²) in [6.07, 6.45) is 2.27. The Morgan fingerprint density at radius 2 is 1.90 bits per heavy atom. The van der Waals surface area contributed by atoms with Crippen molar-refractivity contribution in [2.75, 3.05) is 6.54 Å². The van der Waals surface area contributed by atoms with Crippen molar-refractivity contribution >= 4 is 11.6 Å². The van der Waals surface area contributed by atoms with E-state index in [4.69, 9.17) is 4.42 Å². The van der Waals surface area contributed by atoms with Crippen LogP contribution < -0.4 is 5.32 Å². The van der Waals surface area contributed by atoms with Gasteiger partial charge in [0.1, 0.15) is 11.8 Å². The molecule has 0 fully saturated rings. The van der Waals surface area contributed by atoms with Gasteiger partial charge in [-0.05, 0) is 37.1 Å². The number of rotatable bonds is 6. The zero-order valence-corrected chi connectivity index (χ0v) is 16.7. The molecule has 148 valence electrons. The van der Waals surface area contributed by atoms with E-state index in [9.17, 15) is 4.79 Å². The maximum absolute atomic E-state index is 13.0. The van der Waals surface area contributed by atoms with E-state index in [1.54, 1.807) is 11.3 Å². The highest BCUT2D eigenvalue weighted by Gasteiger charge is 2.34. The van der Waals surface area contributed by atoms with Gasteiger partial charge in [-0.25, -0.2) is 5.01 Å². The van der Waals surface area contributed by atoms with Crippen LogP contribution in [0.4, 0.5) is 0 Å². The topological polar surface area (TPSA) is 57.8 Å². The normalized spacial score (nSPS) is 17.2. The minimum atomic E-state index is -0.220. The van der Waals surface area contributed by atoms with Gasteiger partial charge in [0, 0.05) is 12.5 Å². The number of hydrogen-bond acceptors (Lipinski definition) is 4. The minimum Gasteiger partial charge on any atom is -0.467 e. The van der Waals surface area contributed by atoms with Crippen LogP contribution >= 0.6 is 0 Å². The molecule has 1 aliphatic rings. The zero-order valence-electron chi connectivity index (χ0n) is 16.7. The van der Waals surface area contributed by atoms with Crippen LogP contribution in [0.15, 0.2) is 82.5 Å². The Balaban J connectivity index is 1.51. The highest BCUT2D eigenvalue weighted by Crippen LogP contribution is 2.33. The third-order valence-corrected chi connectivity index (χ3v) is 5.28. The molecule has 0 saturated carbocycles. The van der Waals surface area contributed by atoms with Gasteiger partial charge in [0.15, 0.2) is 0 Å². The zero-order chi connectivity index (χ0) is 20.2. The Labute approximate surface area is 171 Å². The number of hydrogen-bond donors (Lipinski definition) is 1. The average molecular weight is 387 g/mol. The van der Waals surface area contributed by atoms with Crippen molar-refractivity contribution in [2.45, 2.75) is 32.4 Å². The molecule has 1 amide bonds. The molecule has 3 aromatic rings. The molecule has 29 heavy (non-hydrogen) atoms. The Kier molecular flexibility index (Phi) is 5.58. The van der Waals surface area contributed by atoms with Crippen LogP contribution in [0.5, 0.6) is 0 Å². The van der Waals surface area contributed by atoms with Gasteiger partial charge < -0.3 is 9.73 Å². The third-order valence-electron chi connectivity index (χ3n) is 5.28. The van der Waals surface area contributed by atoms with Gasteiger partial charge in [0.25, 0.3) is 5.91 Å². The van der Waals surface area contributed by atoms with Gasteiger partial charge in [-0.2, -0.15) is 5.10 Å². The summed E-state index contributed by atoms with van der Waals surface area (Å²) >= 11 is 0. The van der Waals surface area contributed by atoms with Gasteiger partial charge in [-0.15, -0.1) is 0 Å². The van der Waals surface area contributed by atoms with E-state index < -0.39 is 0 Å². The van der Waals surface area contributed by atoms with Crippen molar-refractivity contribution in [1.29, 1.82) is 0 Å². The summed E-state index contributed by atoms with van der Waals surface area (Å²) in [7, 11) is 0. The molecular formula is C24H25N3O2. The average Bonchev–Trinajstić information content (AvgIpc) is 3.43. The van der Waals surface area contributed by atoms with Gasteiger partial charge in [-0.3, -0.25) is 4.79 Å². The van der Waals surface area contributed by atoms with E-state index >= 15 is 0 Å². The summed E-state index contributed by atoms with van der Waals surface area (Å²) in [6, 6.07) is 21.9. The van der Waals surface area contributed by atoms with Crippen molar-refractivity contribution in [1.82, 2.24) is 10.3 Å². The van der Waals surface area contributed by atoms with Gasteiger partial charge in [0.2, 0.25) is 0 Å². The molecule has 0 bridgehead atoms. The molecule has 1 aliphatic heterocycles. The molecule has 2 aromatic carbocycles. The monoisotopic (exact) mass is 387 g/mol. The first kappa shape index (κ1) is 19.2.